The molecule has 0 fully saturated rings. The molecule has 1 aliphatic heterocycles. The van der Waals surface area contributed by atoms with Gasteiger partial charge in [0, 0.05) is 43.2 Å². The van der Waals surface area contributed by atoms with Crippen molar-refractivity contribution >= 4 is 11.8 Å². The molecule has 8 heteroatoms. The first-order valence-electron chi connectivity index (χ1n) is 14.0. The maximum Gasteiger partial charge on any atom is 0.254 e. The Kier molecular flexibility index (Phi) is 10.2. The molecule has 8 nitrogen and oxygen atoms in total. The molecule has 0 radical (unpaired) electrons. The SMILES string of the molecule is CCCN(CCC)C(=O)c1cccc(C(N)=O)c1[C@H](Cc1ccccc1)[C@@H](O)CNCc1ccc2c(c1)OCO2. The third kappa shape index (κ3) is 7.00. The van der Waals surface area contributed by atoms with Gasteiger partial charge in [-0.25, -0.2) is 0 Å². The summed E-state index contributed by atoms with van der Waals surface area (Å²) in [5.74, 6) is 0.0803. The maximum atomic E-state index is 13.8. The molecule has 0 aromatic heterocycles. The molecule has 40 heavy (non-hydrogen) atoms. The fourth-order valence-electron chi connectivity index (χ4n) is 5.25. The average Bonchev–Trinajstić information content (AvgIpc) is 3.43. The number of aliphatic hydroxyl groups is 1. The highest BCUT2D eigenvalue weighted by molar-refractivity contribution is 6.02. The minimum absolute atomic E-state index is 0.152. The van der Waals surface area contributed by atoms with Gasteiger partial charge in [0.25, 0.3) is 5.91 Å². The molecule has 0 unspecified atom stereocenters. The number of aliphatic hydroxyl groups excluding tert-OH is 1. The summed E-state index contributed by atoms with van der Waals surface area (Å²) in [6.07, 6.45) is 1.15. The molecule has 0 aliphatic carbocycles. The molecule has 212 valence electrons. The topological polar surface area (TPSA) is 114 Å². The Bertz CT molecular complexity index is 1290. The van der Waals surface area contributed by atoms with Crippen molar-refractivity contribution in [1.82, 2.24) is 10.2 Å². The van der Waals surface area contributed by atoms with Gasteiger partial charge in [-0.1, -0.05) is 56.3 Å². The number of benzene rings is 3. The Morgan fingerprint density at radius 2 is 1.62 bits per heavy atom. The van der Waals surface area contributed by atoms with Crippen LogP contribution in [0.1, 0.15) is 70.0 Å². The lowest BCUT2D eigenvalue weighted by atomic mass is 9.81. The van der Waals surface area contributed by atoms with E-state index < -0.39 is 17.9 Å². The zero-order chi connectivity index (χ0) is 28.5. The fourth-order valence-corrected chi connectivity index (χ4v) is 5.25. The van der Waals surface area contributed by atoms with E-state index in [4.69, 9.17) is 15.2 Å². The van der Waals surface area contributed by atoms with Crippen LogP contribution in [0.15, 0.2) is 66.7 Å². The number of nitrogens with zero attached hydrogens (tertiary/aromatic N) is 1. The first-order chi connectivity index (χ1) is 19.4. The summed E-state index contributed by atoms with van der Waals surface area (Å²) in [4.78, 5) is 28.3. The van der Waals surface area contributed by atoms with E-state index in [1.807, 2.05) is 67.3 Å². The lowest BCUT2D eigenvalue weighted by molar-refractivity contribution is 0.0751. The Morgan fingerprint density at radius 3 is 2.33 bits per heavy atom. The largest absolute Gasteiger partial charge is 0.454 e. The maximum absolute atomic E-state index is 13.8. The molecule has 3 aromatic rings. The molecule has 4 N–H and O–H groups in total. The summed E-state index contributed by atoms with van der Waals surface area (Å²) >= 11 is 0. The van der Waals surface area contributed by atoms with Crippen molar-refractivity contribution in [2.75, 3.05) is 26.4 Å². The zero-order valence-electron chi connectivity index (χ0n) is 23.3. The molecule has 3 aromatic carbocycles. The van der Waals surface area contributed by atoms with Crippen LogP contribution in [0.2, 0.25) is 0 Å². The first kappa shape index (κ1) is 29.1. The van der Waals surface area contributed by atoms with Crippen LogP contribution >= 0.6 is 0 Å². The van der Waals surface area contributed by atoms with Crippen molar-refractivity contribution < 1.29 is 24.2 Å². The summed E-state index contributed by atoms with van der Waals surface area (Å²) < 4.78 is 10.9. The van der Waals surface area contributed by atoms with E-state index in [0.717, 1.165) is 24.0 Å². The second-order valence-electron chi connectivity index (χ2n) is 10.1. The number of ether oxygens (including phenoxy) is 2. The molecule has 0 spiro atoms. The van der Waals surface area contributed by atoms with E-state index in [9.17, 15) is 14.7 Å². The average molecular weight is 546 g/mol. The number of fused-ring (bicyclic) bond motifs is 1. The van der Waals surface area contributed by atoms with Crippen molar-refractivity contribution in [3.63, 3.8) is 0 Å². The third-order valence-electron chi connectivity index (χ3n) is 7.13. The van der Waals surface area contributed by atoms with E-state index in [0.29, 0.717) is 48.7 Å². The van der Waals surface area contributed by atoms with E-state index in [1.165, 1.54) is 0 Å². The number of carbonyl (C=O) groups is 2. The molecule has 1 heterocycles. The predicted molar refractivity (Wildman–Crippen MR) is 155 cm³/mol. The van der Waals surface area contributed by atoms with Gasteiger partial charge in [-0.2, -0.15) is 0 Å². The minimum atomic E-state index is -0.910. The Morgan fingerprint density at radius 1 is 0.925 bits per heavy atom. The lowest BCUT2D eigenvalue weighted by Crippen LogP contribution is -2.37. The molecular weight excluding hydrogens is 506 g/mol. The number of carbonyl (C=O) groups excluding carboxylic acids is 2. The molecule has 0 bridgehead atoms. The van der Waals surface area contributed by atoms with Gasteiger partial charge in [-0.15, -0.1) is 0 Å². The molecular formula is C32H39N3O5. The molecule has 0 saturated heterocycles. The second-order valence-corrected chi connectivity index (χ2v) is 10.1. The van der Waals surface area contributed by atoms with E-state index in [-0.39, 0.29) is 24.8 Å². The van der Waals surface area contributed by atoms with Crippen LogP contribution in [0.25, 0.3) is 0 Å². The van der Waals surface area contributed by atoms with Gasteiger partial charge in [0.1, 0.15) is 0 Å². The van der Waals surface area contributed by atoms with E-state index >= 15 is 0 Å². The molecule has 1 aliphatic rings. The number of nitrogens with one attached hydrogen (secondary N) is 1. The van der Waals surface area contributed by atoms with Crippen LogP contribution in [0.5, 0.6) is 11.5 Å². The van der Waals surface area contributed by atoms with Crippen molar-refractivity contribution in [3.8, 4) is 11.5 Å². The lowest BCUT2D eigenvalue weighted by Gasteiger charge is -2.29. The van der Waals surface area contributed by atoms with Crippen LogP contribution < -0.4 is 20.5 Å². The highest BCUT2D eigenvalue weighted by Crippen LogP contribution is 2.33. The quantitative estimate of drug-likeness (QED) is 0.279. The van der Waals surface area contributed by atoms with Gasteiger partial charge in [0.15, 0.2) is 11.5 Å². The molecule has 0 saturated carbocycles. The highest BCUT2D eigenvalue weighted by atomic mass is 16.7. The van der Waals surface area contributed by atoms with Crippen LogP contribution in [0.3, 0.4) is 0 Å². The highest BCUT2D eigenvalue weighted by Gasteiger charge is 2.31. The molecule has 2 atom stereocenters. The second kappa shape index (κ2) is 14.0. The van der Waals surface area contributed by atoms with Gasteiger partial charge in [-0.05, 0) is 60.2 Å². The smallest absolute Gasteiger partial charge is 0.254 e. The Labute approximate surface area is 236 Å². The van der Waals surface area contributed by atoms with Gasteiger partial charge in [0.05, 0.1) is 6.10 Å². The molecule has 2 amide bonds. The van der Waals surface area contributed by atoms with Crippen LogP contribution in [0.4, 0.5) is 0 Å². The van der Waals surface area contributed by atoms with Crippen LogP contribution in [-0.2, 0) is 13.0 Å². The predicted octanol–water partition coefficient (Wildman–Crippen LogP) is 4.25. The first-order valence-corrected chi connectivity index (χ1v) is 14.0. The van der Waals surface area contributed by atoms with Gasteiger partial charge in [-0.3, -0.25) is 9.59 Å². The Hall–Kier alpha value is -3.88. The van der Waals surface area contributed by atoms with E-state index in [1.54, 1.807) is 18.2 Å². The summed E-state index contributed by atoms with van der Waals surface area (Å²) in [5, 5.41) is 15.0. The van der Waals surface area contributed by atoms with Crippen molar-refractivity contribution in [1.29, 1.82) is 0 Å². The number of hydrogen-bond acceptors (Lipinski definition) is 6. The zero-order valence-corrected chi connectivity index (χ0v) is 23.3. The van der Waals surface area contributed by atoms with Crippen molar-refractivity contribution in [2.45, 2.75) is 51.7 Å². The number of primary amides is 1. The number of nitrogens with two attached hydrogens (primary N) is 1. The van der Waals surface area contributed by atoms with Crippen LogP contribution in [0, 0.1) is 0 Å². The normalized spacial score (nSPS) is 13.6. The fraction of sp³-hybridized carbons (Fsp3) is 0.375. The van der Waals surface area contributed by atoms with Crippen LogP contribution in [-0.4, -0.2) is 54.4 Å². The minimum Gasteiger partial charge on any atom is -0.454 e. The Balaban J connectivity index is 1.66. The number of amides is 2. The van der Waals surface area contributed by atoms with Crippen molar-refractivity contribution in [2.24, 2.45) is 5.73 Å². The summed E-state index contributed by atoms with van der Waals surface area (Å²) in [7, 11) is 0. The van der Waals surface area contributed by atoms with E-state index in [2.05, 4.69) is 5.32 Å². The third-order valence-corrected chi connectivity index (χ3v) is 7.13. The number of hydrogen-bond donors (Lipinski definition) is 3. The van der Waals surface area contributed by atoms with Gasteiger partial charge >= 0.3 is 0 Å². The monoisotopic (exact) mass is 545 g/mol. The summed E-state index contributed by atoms with van der Waals surface area (Å²) in [5.41, 5.74) is 8.99. The number of rotatable bonds is 14. The summed E-state index contributed by atoms with van der Waals surface area (Å²) in [6, 6.07) is 20.6. The van der Waals surface area contributed by atoms with Crippen molar-refractivity contribution in [3.05, 3.63) is 94.5 Å². The van der Waals surface area contributed by atoms with Gasteiger partial charge < -0.3 is 30.5 Å². The standard InChI is InChI=1S/C32H39N3O5/c1-3-15-35(16-4-2)32(38)25-12-8-11-24(31(33)37)30(25)26(17-22-9-6-5-7-10-22)27(36)20-34-19-23-13-14-28-29(18-23)40-21-39-28/h5-14,18,26-27,34,36H,3-4,15-17,19-21H2,1-2H3,(H2,33,37)/t26-,27+/m1/s1. The summed E-state index contributed by atoms with van der Waals surface area (Å²) in [6.45, 7) is 6.22. The molecule has 4 rings (SSSR count). The van der Waals surface area contributed by atoms with Gasteiger partial charge in [0.2, 0.25) is 12.7 Å².